The van der Waals surface area contributed by atoms with Crippen LogP contribution in [-0.2, 0) is 20.9 Å². The molecule has 13 nitrogen and oxygen atoms in total. The summed E-state index contributed by atoms with van der Waals surface area (Å²) in [5, 5.41) is 22.2. The van der Waals surface area contributed by atoms with Crippen molar-refractivity contribution in [2.45, 2.75) is 50.3 Å². The normalized spacial score (nSPS) is 23.8. The SMILES string of the molecule is COc1cc(C2c3cc4c(cc3[C@@H](n3cc(COC(=O)NC5CCCC5)nn3)[C@H]3COC(=O)[C@H]23)OCO4)cc(OC)c1O. The zero-order valence-electron chi connectivity index (χ0n) is 23.8. The van der Waals surface area contributed by atoms with Gasteiger partial charge in [0, 0.05) is 17.9 Å². The second-order valence-electron chi connectivity index (χ2n) is 11.2. The van der Waals surface area contributed by atoms with E-state index in [1.54, 1.807) is 23.0 Å². The summed E-state index contributed by atoms with van der Waals surface area (Å²) in [5.41, 5.74) is 2.85. The number of nitrogens with one attached hydrogen (secondary N) is 1. The number of aromatic nitrogens is 3. The van der Waals surface area contributed by atoms with Crippen molar-refractivity contribution in [3.05, 3.63) is 52.8 Å². The van der Waals surface area contributed by atoms with E-state index in [-0.39, 0.29) is 55.2 Å². The first-order valence-electron chi connectivity index (χ1n) is 14.3. The molecule has 13 heteroatoms. The molecule has 2 aromatic carbocycles. The summed E-state index contributed by atoms with van der Waals surface area (Å²) >= 11 is 0. The van der Waals surface area contributed by atoms with Crippen molar-refractivity contribution in [2.75, 3.05) is 27.6 Å². The fraction of sp³-hybridized carbons (Fsp3) is 0.467. The van der Waals surface area contributed by atoms with Crippen molar-refractivity contribution in [1.82, 2.24) is 20.3 Å². The number of phenolic OH excluding ortho intramolecular Hbond substituents is 1. The van der Waals surface area contributed by atoms with Crippen LogP contribution in [0.2, 0.25) is 0 Å². The third kappa shape index (κ3) is 4.72. The average Bonchev–Trinajstić information content (AvgIpc) is 3.83. The molecule has 4 aliphatic rings. The first-order valence-corrected chi connectivity index (χ1v) is 14.3. The number of esters is 1. The quantitative estimate of drug-likeness (QED) is 0.388. The lowest BCUT2D eigenvalue weighted by Gasteiger charge is -2.39. The minimum atomic E-state index is -0.599. The summed E-state index contributed by atoms with van der Waals surface area (Å²) in [6, 6.07) is 6.93. The Morgan fingerprint density at radius 1 is 1.05 bits per heavy atom. The van der Waals surface area contributed by atoms with E-state index in [0.29, 0.717) is 22.8 Å². The highest BCUT2D eigenvalue weighted by Crippen LogP contribution is 2.56. The summed E-state index contributed by atoms with van der Waals surface area (Å²) in [5.74, 6) is -0.288. The second-order valence-corrected chi connectivity index (χ2v) is 11.2. The number of fused-ring (bicyclic) bond motifs is 3. The van der Waals surface area contributed by atoms with Crippen LogP contribution in [0.25, 0.3) is 0 Å². The van der Waals surface area contributed by atoms with E-state index >= 15 is 0 Å². The molecule has 2 N–H and O–H groups in total. The number of phenols is 1. The van der Waals surface area contributed by atoms with Crippen molar-refractivity contribution in [2.24, 2.45) is 11.8 Å². The Morgan fingerprint density at radius 3 is 2.44 bits per heavy atom. The maximum absolute atomic E-state index is 13.4. The molecule has 1 saturated carbocycles. The number of alkyl carbamates (subject to hydrolysis) is 1. The molecule has 0 bridgehead atoms. The molecule has 226 valence electrons. The molecular weight excluding hydrogens is 560 g/mol. The maximum Gasteiger partial charge on any atom is 0.407 e. The molecule has 0 spiro atoms. The zero-order valence-corrected chi connectivity index (χ0v) is 23.8. The van der Waals surface area contributed by atoms with Crippen LogP contribution in [-0.4, -0.2) is 65.8 Å². The molecule has 7 rings (SSSR count). The summed E-state index contributed by atoms with van der Waals surface area (Å²) in [7, 11) is 2.91. The maximum atomic E-state index is 13.4. The Hall–Kier alpha value is -4.68. The summed E-state index contributed by atoms with van der Waals surface area (Å²) in [4.78, 5) is 25.7. The molecule has 2 aliphatic carbocycles. The van der Waals surface area contributed by atoms with E-state index in [9.17, 15) is 14.7 Å². The van der Waals surface area contributed by atoms with Crippen molar-refractivity contribution in [3.63, 3.8) is 0 Å². The Morgan fingerprint density at radius 2 is 1.74 bits per heavy atom. The summed E-state index contributed by atoms with van der Waals surface area (Å²) in [6.07, 6.45) is 5.37. The van der Waals surface area contributed by atoms with Crippen molar-refractivity contribution in [3.8, 4) is 28.7 Å². The van der Waals surface area contributed by atoms with Crippen LogP contribution in [0.15, 0.2) is 30.5 Å². The van der Waals surface area contributed by atoms with Gasteiger partial charge in [-0.15, -0.1) is 5.10 Å². The number of carbonyl (C=O) groups is 2. The van der Waals surface area contributed by atoms with Gasteiger partial charge in [-0.2, -0.15) is 0 Å². The molecule has 43 heavy (non-hydrogen) atoms. The van der Waals surface area contributed by atoms with Crippen LogP contribution in [0.4, 0.5) is 4.79 Å². The number of benzene rings is 2. The number of aromatic hydroxyl groups is 1. The highest BCUT2D eigenvalue weighted by atomic mass is 16.7. The smallest absolute Gasteiger partial charge is 0.407 e. The van der Waals surface area contributed by atoms with E-state index in [2.05, 4.69) is 15.6 Å². The van der Waals surface area contributed by atoms with Gasteiger partial charge in [0.15, 0.2) is 23.0 Å². The van der Waals surface area contributed by atoms with Crippen LogP contribution in [0.1, 0.15) is 60.0 Å². The number of methoxy groups -OCH3 is 2. The van der Waals surface area contributed by atoms with Gasteiger partial charge in [0.1, 0.15) is 12.3 Å². The molecule has 3 heterocycles. The van der Waals surface area contributed by atoms with Crippen molar-refractivity contribution < 1.29 is 43.1 Å². The van der Waals surface area contributed by atoms with E-state index in [1.807, 2.05) is 12.1 Å². The highest BCUT2D eigenvalue weighted by Gasteiger charge is 2.53. The topological polar surface area (TPSA) is 152 Å². The lowest BCUT2D eigenvalue weighted by Crippen LogP contribution is -2.37. The fourth-order valence-corrected chi connectivity index (χ4v) is 6.90. The molecule has 1 unspecified atom stereocenters. The Balaban J connectivity index is 1.27. The van der Waals surface area contributed by atoms with Crippen LogP contribution in [0.5, 0.6) is 28.7 Å². The number of carbonyl (C=O) groups excluding carboxylic acids is 2. The van der Waals surface area contributed by atoms with Gasteiger partial charge in [-0.3, -0.25) is 4.79 Å². The molecule has 0 radical (unpaired) electrons. The summed E-state index contributed by atoms with van der Waals surface area (Å²) < 4.78 is 35.1. The predicted octanol–water partition coefficient (Wildman–Crippen LogP) is 3.42. The highest BCUT2D eigenvalue weighted by molar-refractivity contribution is 5.79. The number of rotatable bonds is 7. The lowest BCUT2D eigenvalue weighted by molar-refractivity contribution is -0.141. The van der Waals surface area contributed by atoms with Crippen LogP contribution < -0.4 is 24.3 Å². The molecule has 1 saturated heterocycles. The molecule has 4 atom stereocenters. The fourth-order valence-electron chi connectivity index (χ4n) is 6.90. The number of hydrogen-bond acceptors (Lipinski definition) is 11. The second kappa shape index (κ2) is 10.9. The minimum absolute atomic E-state index is 0.0431. The van der Waals surface area contributed by atoms with Gasteiger partial charge < -0.3 is 38.8 Å². The van der Waals surface area contributed by atoms with Gasteiger partial charge in [0.05, 0.1) is 39.0 Å². The summed E-state index contributed by atoms with van der Waals surface area (Å²) in [6.45, 7) is 0.204. The van der Waals surface area contributed by atoms with Gasteiger partial charge in [-0.1, -0.05) is 18.1 Å². The minimum Gasteiger partial charge on any atom is -0.502 e. The van der Waals surface area contributed by atoms with E-state index in [1.165, 1.54) is 14.2 Å². The van der Waals surface area contributed by atoms with Gasteiger partial charge in [0.25, 0.3) is 0 Å². The van der Waals surface area contributed by atoms with Crippen LogP contribution >= 0.6 is 0 Å². The van der Waals surface area contributed by atoms with E-state index < -0.39 is 24.0 Å². The number of cyclic esters (lactones) is 1. The van der Waals surface area contributed by atoms with Gasteiger partial charge in [0.2, 0.25) is 12.5 Å². The number of nitrogens with zero attached hydrogens (tertiary/aromatic N) is 3. The first-order chi connectivity index (χ1) is 20.9. The van der Waals surface area contributed by atoms with E-state index in [4.69, 9.17) is 28.4 Å². The first kappa shape index (κ1) is 27.2. The molecule has 2 fully saturated rings. The number of ether oxygens (including phenoxy) is 6. The molecule has 3 aromatic rings. The Kier molecular flexibility index (Phi) is 6.86. The van der Waals surface area contributed by atoms with Gasteiger partial charge in [-0.05, 0) is 53.8 Å². The Labute approximate surface area is 247 Å². The largest absolute Gasteiger partial charge is 0.502 e. The van der Waals surface area contributed by atoms with Crippen molar-refractivity contribution >= 4 is 12.1 Å². The number of hydrogen-bond donors (Lipinski definition) is 2. The van der Waals surface area contributed by atoms with Crippen LogP contribution in [0, 0.1) is 11.8 Å². The predicted molar refractivity (Wildman–Crippen MR) is 147 cm³/mol. The average molecular weight is 593 g/mol. The molecular formula is C30H32N4O9. The van der Waals surface area contributed by atoms with Crippen molar-refractivity contribution in [1.29, 1.82) is 0 Å². The molecule has 1 aromatic heterocycles. The number of amides is 1. The van der Waals surface area contributed by atoms with Gasteiger partial charge >= 0.3 is 12.1 Å². The third-order valence-corrected chi connectivity index (χ3v) is 8.88. The van der Waals surface area contributed by atoms with Crippen LogP contribution in [0.3, 0.4) is 0 Å². The standard InChI is InChI=1S/C30H32N4O9/c1-38-23-7-15(8-24(39-2)28(23)35)25-18-9-21-22(43-14-42-21)10-19(18)27(20-13-40-29(36)26(20)25)34-11-17(32-33-34)12-41-30(37)31-16-5-3-4-6-16/h7-11,16,20,25-27,35H,3-6,12-14H2,1-2H3,(H,31,37)/t20-,25?,26-,27+/m0/s1. The monoisotopic (exact) mass is 592 g/mol. The third-order valence-electron chi connectivity index (χ3n) is 8.88. The zero-order chi connectivity index (χ0) is 29.7. The lowest BCUT2D eigenvalue weighted by atomic mass is 9.65. The molecule has 1 amide bonds. The Bertz CT molecular complexity index is 1540. The molecule has 2 aliphatic heterocycles. The van der Waals surface area contributed by atoms with Gasteiger partial charge in [-0.25, -0.2) is 9.48 Å². The van der Waals surface area contributed by atoms with E-state index in [0.717, 1.165) is 36.8 Å².